The lowest BCUT2D eigenvalue weighted by molar-refractivity contribution is 0.647. The summed E-state index contributed by atoms with van der Waals surface area (Å²) < 4.78 is 26.3. The van der Waals surface area contributed by atoms with Crippen LogP contribution in [0.1, 0.15) is 105 Å². The number of para-hydroxylation sites is 4. The average molecular weight is 1840 g/mol. The van der Waals surface area contributed by atoms with Gasteiger partial charge in [0.15, 0.2) is 52.4 Å². The number of rotatable bonds is 10. The number of hydrogen-bond donors (Lipinski definition) is 0. The number of furan rings is 4. The molecule has 0 atom stereocenters. The van der Waals surface area contributed by atoms with Crippen LogP contribution in [-0.4, -0.2) is 44.9 Å². The van der Waals surface area contributed by atoms with Gasteiger partial charge in [0, 0.05) is 98.1 Å². The molecule has 18 aromatic carbocycles. The van der Waals surface area contributed by atoms with Crippen molar-refractivity contribution in [3.05, 3.63) is 438 Å². The molecule has 13 nitrogen and oxygen atoms in total. The third-order valence-corrected chi connectivity index (χ3v) is 30.3. The Morgan fingerprint density at radius 2 is 0.434 bits per heavy atom. The molecule has 680 valence electrons. The van der Waals surface area contributed by atoms with E-state index in [0.29, 0.717) is 52.4 Å². The molecule has 0 spiro atoms. The normalized spacial score (nSPS) is 13.9. The zero-order chi connectivity index (χ0) is 96.0. The van der Waals surface area contributed by atoms with E-state index < -0.39 is 0 Å². The van der Waals surface area contributed by atoms with Gasteiger partial charge in [-0.3, -0.25) is 0 Å². The van der Waals surface area contributed by atoms with E-state index in [1.54, 1.807) is 0 Å². The van der Waals surface area contributed by atoms with Crippen LogP contribution in [0.5, 0.6) is 0 Å². The van der Waals surface area contributed by atoms with Crippen molar-refractivity contribution >= 4 is 87.8 Å². The maximum Gasteiger partial charge on any atom is 0.167 e. The number of aryl methyl sites for hydroxylation is 1. The summed E-state index contributed by atoms with van der Waals surface area (Å²) in [4.78, 5) is 45.7. The Hall–Kier alpha value is -17.8. The maximum absolute atomic E-state index is 6.77. The van der Waals surface area contributed by atoms with Gasteiger partial charge in [-0.2, -0.15) is 0 Å². The first-order chi connectivity index (χ1) is 69.7. The van der Waals surface area contributed by atoms with Crippen molar-refractivity contribution in [2.24, 2.45) is 0 Å². The highest BCUT2D eigenvalue weighted by molar-refractivity contribution is 6.15. The quantitative estimate of drug-likeness (QED) is 0.127. The van der Waals surface area contributed by atoms with Gasteiger partial charge < -0.3 is 17.7 Å². The van der Waals surface area contributed by atoms with Gasteiger partial charge in [0.1, 0.15) is 44.7 Å². The zero-order valence-corrected chi connectivity index (χ0v) is 80.1. The second kappa shape index (κ2) is 32.1. The van der Waals surface area contributed by atoms with Crippen molar-refractivity contribution in [2.45, 2.75) is 84.0 Å². The zero-order valence-electron chi connectivity index (χ0n) is 80.1. The summed E-state index contributed by atoms with van der Waals surface area (Å²) in [6.07, 6.45) is 0. The molecule has 0 saturated heterocycles. The first-order valence-electron chi connectivity index (χ1n) is 48.8. The molecule has 0 saturated carbocycles. The van der Waals surface area contributed by atoms with Gasteiger partial charge >= 0.3 is 0 Å². The topological polar surface area (TPSA) is 169 Å². The molecular formula is C130H91N9O4. The van der Waals surface area contributed by atoms with Gasteiger partial charge in [0.25, 0.3) is 0 Å². The van der Waals surface area contributed by atoms with E-state index in [1.807, 2.05) is 109 Å². The van der Waals surface area contributed by atoms with Crippen molar-refractivity contribution in [1.29, 1.82) is 0 Å². The van der Waals surface area contributed by atoms with Crippen LogP contribution in [0.3, 0.4) is 0 Å². The number of fused-ring (bicyclic) bond motifs is 24. The predicted octanol–water partition coefficient (Wildman–Crippen LogP) is 33.4. The van der Waals surface area contributed by atoms with E-state index in [-0.39, 0.29) is 21.7 Å². The lowest BCUT2D eigenvalue weighted by Gasteiger charge is -2.21. The number of hydrogen-bond acceptors (Lipinski definition) is 13. The Morgan fingerprint density at radius 3 is 0.860 bits per heavy atom. The van der Waals surface area contributed by atoms with Crippen LogP contribution in [0, 0.1) is 6.92 Å². The summed E-state index contributed by atoms with van der Waals surface area (Å²) in [5, 5.41) is 8.51. The molecule has 7 heterocycles. The average Bonchev–Trinajstić information content (AvgIpc) is 1.56. The van der Waals surface area contributed by atoms with Crippen LogP contribution < -0.4 is 0 Å². The van der Waals surface area contributed by atoms with Crippen LogP contribution in [-0.2, 0) is 21.7 Å². The molecule has 0 unspecified atom stereocenters. The highest BCUT2D eigenvalue weighted by Gasteiger charge is 2.41. The first-order valence-corrected chi connectivity index (χ1v) is 48.8. The Morgan fingerprint density at radius 1 is 0.154 bits per heavy atom. The Labute approximate surface area is 825 Å². The Bertz CT molecular complexity index is 9640. The molecule has 13 heteroatoms. The Kier molecular flexibility index (Phi) is 19.0. The molecule has 4 aliphatic rings. The van der Waals surface area contributed by atoms with Crippen molar-refractivity contribution in [2.75, 3.05) is 0 Å². The smallest absolute Gasteiger partial charge is 0.167 e. The van der Waals surface area contributed by atoms with Gasteiger partial charge in [-0.25, -0.2) is 44.9 Å². The van der Waals surface area contributed by atoms with Crippen molar-refractivity contribution in [3.8, 4) is 158 Å². The van der Waals surface area contributed by atoms with Crippen molar-refractivity contribution in [1.82, 2.24) is 44.9 Å². The second-order valence-corrected chi connectivity index (χ2v) is 40.3. The van der Waals surface area contributed by atoms with Crippen LogP contribution in [0.4, 0.5) is 0 Å². The van der Waals surface area contributed by atoms with E-state index in [0.717, 1.165) is 155 Å². The van der Waals surface area contributed by atoms with Crippen molar-refractivity contribution < 1.29 is 17.7 Å². The van der Waals surface area contributed by atoms with E-state index >= 15 is 0 Å². The standard InChI is InChI=1S/C45H33N3O.C43H31N3O.C42H27N3O2/c1-44(2)35-19-10-8-15-28(35)30-22-21-27(23-37(30)44)42-46-41(26-13-6-5-7-14-26)47-43(48-42)32-18-12-17-31-34-24-33-29-16-9-11-20-36(29)45(3,4)38(33)25-39(34)49-40(31)32;1-26-12-9-16-29(22-26)40-44-41(30-17-10-15-28(23-30)27-13-5-4-6-14-27)46-42(45-40)33-20-11-19-32-35-24-34-31-18-7-8-21-36(31)43(2,3)37(34)25-38(35)47-39(32)33;1-42(2)33-17-8-6-13-26(33)30-22-32-28-15-10-16-29(38(28)47-37(32)23-34(30)42)41-44-39(24-11-4-3-5-12-24)43-40(45-41)25-19-20-36-31(21-25)27-14-7-9-18-35(27)46-36/h5-25H,1-4H3;4-25H,1-3H3;3-23H,1-2H3. The molecule has 25 aromatic rings. The van der Waals surface area contributed by atoms with E-state index in [1.165, 1.54) is 89.0 Å². The largest absolute Gasteiger partial charge is 0.456 e. The summed E-state index contributed by atoms with van der Waals surface area (Å²) in [5.41, 5.74) is 38.5. The molecule has 7 aromatic heterocycles. The molecule has 29 rings (SSSR count). The summed E-state index contributed by atoms with van der Waals surface area (Å²) in [6, 6.07) is 135. The molecule has 0 radical (unpaired) electrons. The minimum absolute atomic E-state index is 0.109. The second-order valence-electron chi connectivity index (χ2n) is 40.3. The predicted molar refractivity (Wildman–Crippen MR) is 578 cm³/mol. The summed E-state index contributed by atoms with van der Waals surface area (Å²) >= 11 is 0. The lowest BCUT2D eigenvalue weighted by Crippen LogP contribution is -2.15. The summed E-state index contributed by atoms with van der Waals surface area (Å²) in [7, 11) is 0. The van der Waals surface area contributed by atoms with Gasteiger partial charge in [0.05, 0.1) is 16.7 Å². The van der Waals surface area contributed by atoms with Gasteiger partial charge in [0.2, 0.25) is 0 Å². The van der Waals surface area contributed by atoms with E-state index in [4.69, 9.17) is 62.5 Å². The van der Waals surface area contributed by atoms with Gasteiger partial charge in [-0.1, -0.05) is 352 Å². The summed E-state index contributed by atoms with van der Waals surface area (Å²) in [6.45, 7) is 20.5. The molecular weight excluding hydrogens is 1750 g/mol. The Balaban J connectivity index is 0.000000107. The maximum atomic E-state index is 6.77. The van der Waals surface area contributed by atoms with Crippen LogP contribution in [0.2, 0.25) is 0 Å². The van der Waals surface area contributed by atoms with E-state index in [2.05, 4.69) is 341 Å². The van der Waals surface area contributed by atoms with Crippen LogP contribution in [0.15, 0.2) is 406 Å². The third-order valence-electron chi connectivity index (χ3n) is 30.3. The first kappa shape index (κ1) is 84.5. The van der Waals surface area contributed by atoms with Gasteiger partial charge in [-0.05, 0) is 204 Å². The minimum Gasteiger partial charge on any atom is -0.456 e. The highest BCUT2D eigenvalue weighted by Crippen LogP contribution is 2.57. The fourth-order valence-corrected chi connectivity index (χ4v) is 22.9. The highest BCUT2D eigenvalue weighted by atomic mass is 16.3. The minimum atomic E-state index is -0.130. The molecule has 0 amide bonds. The monoisotopic (exact) mass is 1840 g/mol. The number of aromatic nitrogens is 9. The lowest BCUT2D eigenvalue weighted by atomic mass is 9.82. The molecule has 0 fully saturated rings. The van der Waals surface area contributed by atoms with Crippen LogP contribution >= 0.6 is 0 Å². The fraction of sp³-hybridized carbons (Fsp3) is 0.100. The molecule has 143 heavy (non-hydrogen) atoms. The third kappa shape index (κ3) is 13.6. The SMILES string of the molecule is CC1(C)c2ccccc2-c2cc3c(cc21)oc1c(-c2nc(-c4ccccc4)nc(-c4ccc5oc6ccccc6c5c4)n2)cccc13.CC1(C)c2ccccc2-c2ccc(-c3nc(-c4ccccc4)nc(-c4cccc5c4oc4cc6c(cc45)-c4ccccc4C6(C)C)n3)cc21.Cc1cccc(-c2nc(-c3cccc(-c4ccccc4)c3)nc(-c3cccc4c3oc3cc5c(cc34)-c3ccccc3C5(C)C)n2)c1. The van der Waals surface area contributed by atoms with Crippen LogP contribution in [0.25, 0.3) is 246 Å². The molecule has 0 aliphatic heterocycles. The fourth-order valence-electron chi connectivity index (χ4n) is 22.9. The molecule has 0 bridgehead atoms. The molecule has 4 aliphatic carbocycles. The summed E-state index contributed by atoms with van der Waals surface area (Å²) in [5.74, 6) is 5.46. The van der Waals surface area contributed by atoms with E-state index in [9.17, 15) is 0 Å². The van der Waals surface area contributed by atoms with Gasteiger partial charge in [-0.15, -0.1) is 0 Å². The van der Waals surface area contributed by atoms with Crippen molar-refractivity contribution in [3.63, 3.8) is 0 Å². The number of nitrogens with zero attached hydrogens (tertiary/aromatic N) is 9. The number of benzene rings is 18. The molecule has 0 N–H and O–H groups in total.